The Bertz CT molecular complexity index is 196. The fraction of sp³-hybridized carbons (Fsp3) is 0.286. The van der Waals surface area contributed by atoms with Crippen LogP contribution in [-0.2, 0) is 9.53 Å². The molecule has 0 amide bonds. The van der Waals surface area contributed by atoms with Crippen LogP contribution in [0.1, 0.15) is 6.92 Å². The predicted molar refractivity (Wildman–Crippen MR) is 41.4 cm³/mol. The van der Waals surface area contributed by atoms with E-state index >= 15 is 0 Å². The third kappa shape index (κ3) is 1.64. The second-order valence-electron chi connectivity index (χ2n) is 2.02. The van der Waals surface area contributed by atoms with E-state index in [2.05, 4.69) is 6.58 Å². The smallest absolute Gasteiger partial charge is 0.334 e. The number of thioether (sulfide) groups is 1. The highest BCUT2D eigenvalue weighted by Crippen LogP contribution is 2.25. The number of carbonyl (C=O) groups is 1. The number of rotatable bonds is 2. The molecule has 0 aromatic rings. The molecule has 0 bridgehead atoms. The van der Waals surface area contributed by atoms with Gasteiger partial charge in [-0.25, -0.2) is 4.79 Å². The van der Waals surface area contributed by atoms with E-state index in [9.17, 15) is 4.79 Å². The molecule has 2 nitrogen and oxygen atoms in total. The van der Waals surface area contributed by atoms with Crippen LogP contribution >= 0.6 is 11.8 Å². The normalized spacial score (nSPS) is 21.5. The van der Waals surface area contributed by atoms with E-state index in [1.165, 1.54) is 11.8 Å². The molecule has 54 valence electrons. The van der Waals surface area contributed by atoms with Gasteiger partial charge in [0.1, 0.15) is 0 Å². The summed E-state index contributed by atoms with van der Waals surface area (Å²) in [5, 5.41) is 1.89. The summed E-state index contributed by atoms with van der Waals surface area (Å²) < 4.78 is 4.89. The van der Waals surface area contributed by atoms with Gasteiger partial charge < -0.3 is 4.74 Å². The van der Waals surface area contributed by atoms with E-state index in [0.29, 0.717) is 5.57 Å². The molecule has 1 heterocycles. The van der Waals surface area contributed by atoms with Crippen molar-refractivity contribution in [2.24, 2.45) is 0 Å². The molecule has 0 N–H and O–H groups in total. The fourth-order valence-electron chi connectivity index (χ4n) is 0.416. The van der Waals surface area contributed by atoms with E-state index in [4.69, 9.17) is 4.74 Å². The maximum absolute atomic E-state index is 10.8. The molecular formula is C7H8O2S. The molecule has 0 aromatic carbocycles. The quantitative estimate of drug-likeness (QED) is 0.449. The molecular weight excluding hydrogens is 148 g/mol. The number of hydrogen-bond donors (Lipinski definition) is 0. The van der Waals surface area contributed by atoms with Gasteiger partial charge in [0, 0.05) is 5.57 Å². The third-order valence-electron chi connectivity index (χ3n) is 1.02. The number of esters is 1. The van der Waals surface area contributed by atoms with Crippen LogP contribution < -0.4 is 0 Å². The Morgan fingerprint density at radius 2 is 2.40 bits per heavy atom. The molecule has 1 unspecified atom stereocenters. The van der Waals surface area contributed by atoms with Gasteiger partial charge in [-0.05, 0) is 18.4 Å². The van der Waals surface area contributed by atoms with Gasteiger partial charge in [-0.2, -0.15) is 0 Å². The van der Waals surface area contributed by atoms with Crippen molar-refractivity contribution in [1.82, 2.24) is 0 Å². The van der Waals surface area contributed by atoms with E-state index in [1.54, 1.807) is 6.92 Å². The predicted octanol–water partition coefficient (Wildman–Crippen LogP) is 1.69. The monoisotopic (exact) mass is 156 g/mol. The summed E-state index contributed by atoms with van der Waals surface area (Å²) in [5.41, 5.74) is 0.366. The first-order valence-electron chi connectivity index (χ1n) is 2.89. The summed E-state index contributed by atoms with van der Waals surface area (Å²) >= 11 is 1.49. The topological polar surface area (TPSA) is 26.3 Å². The molecule has 10 heavy (non-hydrogen) atoms. The van der Waals surface area contributed by atoms with Gasteiger partial charge in [-0.15, -0.1) is 0 Å². The molecule has 3 heteroatoms. The average Bonchev–Trinajstić information content (AvgIpc) is 1.77. The summed E-state index contributed by atoms with van der Waals surface area (Å²) in [4.78, 5) is 10.8. The van der Waals surface area contributed by atoms with Gasteiger partial charge >= 0.3 is 5.97 Å². The van der Waals surface area contributed by atoms with Gasteiger partial charge in [-0.3, -0.25) is 0 Å². The van der Waals surface area contributed by atoms with Crippen molar-refractivity contribution in [3.8, 4) is 0 Å². The SMILES string of the molecule is C=C(C)C(=O)OC1C=CS1. The summed E-state index contributed by atoms with van der Waals surface area (Å²) in [5.74, 6) is -0.318. The van der Waals surface area contributed by atoms with E-state index < -0.39 is 0 Å². The van der Waals surface area contributed by atoms with Crippen LogP contribution in [0.2, 0.25) is 0 Å². The molecule has 1 aliphatic heterocycles. The second-order valence-corrected chi connectivity index (χ2v) is 3.03. The Balaban J connectivity index is 2.31. The average molecular weight is 156 g/mol. The number of carbonyl (C=O) groups excluding carboxylic acids is 1. The molecule has 0 fully saturated rings. The second kappa shape index (κ2) is 2.92. The highest BCUT2D eigenvalue weighted by molar-refractivity contribution is 8.04. The molecule has 0 aromatic heterocycles. The summed E-state index contributed by atoms with van der Waals surface area (Å²) in [6.07, 6.45) is 1.82. The van der Waals surface area contributed by atoms with Crippen LogP contribution in [0.5, 0.6) is 0 Å². The molecule has 1 atom stereocenters. The van der Waals surface area contributed by atoms with Gasteiger partial charge in [0.15, 0.2) is 5.44 Å². The van der Waals surface area contributed by atoms with E-state index in [-0.39, 0.29) is 11.4 Å². The van der Waals surface area contributed by atoms with Crippen LogP contribution in [0.15, 0.2) is 23.6 Å². The van der Waals surface area contributed by atoms with Crippen molar-refractivity contribution in [3.63, 3.8) is 0 Å². The lowest BCUT2D eigenvalue weighted by Gasteiger charge is -2.16. The van der Waals surface area contributed by atoms with Crippen molar-refractivity contribution in [2.45, 2.75) is 12.4 Å². The van der Waals surface area contributed by atoms with Crippen LogP contribution in [0.4, 0.5) is 0 Å². The third-order valence-corrected chi connectivity index (χ3v) is 1.86. The highest BCUT2D eigenvalue weighted by atomic mass is 32.2. The first-order valence-corrected chi connectivity index (χ1v) is 3.83. The minimum atomic E-state index is -0.318. The van der Waals surface area contributed by atoms with Crippen molar-refractivity contribution >= 4 is 17.7 Å². The lowest BCUT2D eigenvalue weighted by atomic mass is 10.4. The van der Waals surface area contributed by atoms with E-state index in [1.807, 2.05) is 11.5 Å². The van der Waals surface area contributed by atoms with E-state index in [0.717, 1.165) is 0 Å². The van der Waals surface area contributed by atoms with Gasteiger partial charge in [-0.1, -0.05) is 18.3 Å². The Kier molecular flexibility index (Phi) is 2.17. The lowest BCUT2D eigenvalue weighted by Crippen LogP contribution is -2.15. The largest absolute Gasteiger partial charge is 0.443 e. The first kappa shape index (κ1) is 7.41. The minimum absolute atomic E-state index is 0.0794. The lowest BCUT2D eigenvalue weighted by molar-refractivity contribution is -0.139. The number of ether oxygens (including phenoxy) is 1. The number of hydrogen-bond acceptors (Lipinski definition) is 3. The summed E-state index contributed by atoms with van der Waals surface area (Å²) in [6.45, 7) is 5.09. The molecule has 1 rings (SSSR count). The zero-order valence-corrected chi connectivity index (χ0v) is 6.48. The Labute approximate surface area is 63.9 Å². The van der Waals surface area contributed by atoms with Crippen molar-refractivity contribution in [1.29, 1.82) is 0 Å². The summed E-state index contributed by atoms with van der Waals surface area (Å²) in [7, 11) is 0. The molecule has 0 spiro atoms. The maximum Gasteiger partial charge on any atom is 0.334 e. The molecule has 0 radical (unpaired) electrons. The maximum atomic E-state index is 10.8. The summed E-state index contributed by atoms with van der Waals surface area (Å²) in [6, 6.07) is 0. The van der Waals surface area contributed by atoms with Gasteiger partial charge in [0.05, 0.1) is 0 Å². The van der Waals surface area contributed by atoms with Gasteiger partial charge in [0.25, 0.3) is 0 Å². The van der Waals surface area contributed by atoms with Gasteiger partial charge in [0.2, 0.25) is 0 Å². The molecule has 0 saturated carbocycles. The highest BCUT2D eigenvalue weighted by Gasteiger charge is 2.15. The zero-order chi connectivity index (χ0) is 7.56. The van der Waals surface area contributed by atoms with Crippen molar-refractivity contribution in [2.75, 3.05) is 0 Å². The zero-order valence-electron chi connectivity index (χ0n) is 5.66. The minimum Gasteiger partial charge on any atom is -0.443 e. The Hall–Kier alpha value is -0.700. The molecule has 0 saturated heterocycles. The van der Waals surface area contributed by atoms with Crippen molar-refractivity contribution in [3.05, 3.63) is 23.6 Å². The van der Waals surface area contributed by atoms with Crippen LogP contribution in [0.25, 0.3) is 0 Å². The first-order chi connectivity index (χ1) is 4.70. The molecule has 0 aliphatic carbocycles. The Morgan fingerprint density at radius 1 is 1.80 bits per heavy atom. The van der Waals surface area contributed by atoms with Crippen LogP contribution in [0, 0.1) is 0 Å². The standard InChI is InChI=1S/C7H8O2S/c1-5(2)7(8)9-6-3-4-10-6/h3-4,6H,1H2,2H3. The Morgan fingerprint density at radius 3 is 2.70 bits per heavy atom. The van der Waals surface area contributed by atoms with Crippen LogP contribution in [-0.4, -0.2) is 11.4 Å². The molecule has 1 aliphatic rings. The fourth-order valence-corrected chi connectivity index (χ4v) is 0.844. The van der Waals surface area contributed by atoms with Crippen molar-refractivity contribution < 1.29 is 9.53 Å². The van der Waals surface area contributed by atoms with Crippen LogP contribution in [0.3, 0.4) is 0 Å².